The number of hydrogen-bond donors (Lipinski definition) is 1. The summed E-state index contributed by atoms with van der Waals surface area (Å²) in [6.45, 7) is 5.91. The standard InChI is InChI=1S/C12H12BrCl2NO2/c1-3-18-12(17)7(2)6-16-11-9(14)4-8(13)5-10(11)15/h4-5,16H,2-3,6H2,1H3. The van der Waals surface area contributed by atoms with Crippen molar-refractivity contribution in [1.82, 2.24) is 0 Å². The Morgan fingerprint density at radius 2 is 2.00 bits per heavy atom. The molecule has 1 N–H and O–H groups in total. The summed E-state index contributed by atoms with van der Waals surface area (Å²) in [5.74, 6) is -0.436. The van der Waals surface area contributed by atoms with Crippen LogP contribution >= 0.6 is 39.1 Å². The lowest BCUT2D eigenvalue weighted by Crippen LogP contribution is -2.15. The molecule has 0 atom stereocenters. The van der Waals surface area contributed by atoms with E-state index in [2.05, 4.69) is 27.8 Å². The monoisotopic (exact) mass is 351 g/mol. The van der Waals surface area contributed by atoms with Gasteiger partial charge in [-0.05, 0) is 19.1 Å². The Labute approximate surface area is 124 Å². The second-order valence-corrected chi connectivity index (χ2v) is 5.15. The van der Waals surface area contributed by atoms with E-state index in [1.807, 2.05) is 0 Å². The fourth-order valence-electron chi connectivity index (χ4n) is 1.21. The SMILES string of the molecule is C=C(CNc1c(Cl)cc(Br)cc1Cl)C(=O)OCC. The highest BCUT2D eigenvalue weighted by atomic mass is 79.9. The molecule has 0 saturated heterocycles. The molecule has 0 saturated carbocycles. The Bertz CT molecular complexity index is 454. The highest BCUT2D eigenvalue weighted by Gasteiger charge is 2.11. The Morgan fingerprint density at radius 1 is 1.44 bits per heavy atom. The number of carbonyl (C=O) groups excluding carboxylic acids is 1. The summed E-state index contributed by atoms with van der Waals surface area (Å²) in [4.78, 5) is 11.4. The van der Waals surface area contributed by atoms with Crippen molar-refractivity contribution in [2.45, 2.75) is 6.92 Å². The van der Waals surface area contributed by atoms with Gasteiger partial charge < -0.3 is 10.1 Å². The van der Waals surface area contributed by atoms with Crippen molar-refractivity contribution in [3.05, 3.63) is 38.8 Å². The normalized spacial score (nSPS) is 10.0. The van der Waals surface area contributed by atoms with Gasteiger partial charge in [-0.2, -0.15) is 0 Å². The van der Waals surface area contributed by atoms with Crippen LogP contribution in [0.4, 0.5) is 5.69 Å². The summed E-state index contributed by atoms with van der Waals surface area (Å²) >= 11 is 15.4. The highest BCUT2D eigenvalue weighted by Crippen LogP contribution is 2.33. The Hall–Kier alpha value is -0.710. The molecule has 1 aromatic rings. The molecule has 0 aromatic heterocycles. The summed E-state index contributed by atoms with van der Waals surface area (Å²) in [7, 11) is 0. The van der Waals surface area contributed by atoms with Crippen molar-refractivity contribution >= 4 is 50.8 Å². The zero-order chi connectivity index (χ0) is 13.7. The van der Waals surface area contributed by atoms with Crippen LogP contribution in [0.2, 0.25) is 10.0 Å². The van der Waals surface area contributed by atoms with Crippen LogP contribution in [0.3, 0.4) is 0 Å². The number of halogens is 3. The van der Waals surface area contributed by atoms with Crippen LogP contribution in [0, 0.1) is 0 Å². The molecule has 0 unspecified atom stereocenters. The molecule has 6 heteroatoms. The lowest BCUT2D eigenvalue weighted by molar-refractivity contribution is -0.138. The smallest absolute Gasteiger partial charge is 0.335 e. The zero-order valence-corrected chi connectivity index (χ0v) is 12.8. The molecular weight excluding hydrogens is 341 g/mol. The van der Waals surface area contributed by atoms with Gasteiger partial charge in [0.15, 0.2) is 0 Å². The van der Waals surface area contributed by atoms with E-state index in [0.717, 1.165) is 4.47 Å². The fraction of sp³-hybridized carbons (Fsp3) is 0.250. The van der Waals surface area contributed by atoms with E-state index < -0.39 is 5.97 Å². The molecule has 0 bridgehead atoms. The summed E-state index contributed by atoms with van der Waals surface area (Å²) in [5.41, 5.74) is 0.874. The number of ether oxygens (including phenoxy) is 1. The van der Waals surface area contributed by atoms with Gasteiger partial charge in [-0.3, -0.25) is 0 Å². The first kappa shape index (κ1) is 15.3. The molecule has 0 heterocycles. The number of hydrogen-bond acceptors (Lipinski definition) is 3. The lowest BCUT2D eigenvalue weighted by atomic mass is 10.2. The molecule has 0 spiro atoms. The van der Waals surface area contributed by atoms with E-state index in [1.165, 1.54) is 0 Å². The third kappa shape index (κ3) is 4.19. The van der Waals surface area contributed by atoms with Crippen LogP contribution < -0.4 is 5.32 Å². The largest absolute Gasteiger partial charge is 0.463 e. The van der Waals surface area contributed by atoms with Gasteiger partial charge in [0.05, 0.1) is 22.3 Å². The van der Waals surface area contributed by atoms with E-state index >= 15 is 0 Å². The quantitative estimate of drug-likeness (QED) is 0.634. The molecule has 1 rings (SSSR count). The maximum Gasteiger partial charge on any atom is 0.335 e. The fourth-order valence-corrected chi connectivity index (χ4v) is 2.55. The van der Waals surface area contributed by atoms with Gasteiger partial charge in [-0.15, -0.1) is 0 Å². The predicted octanol–water partition coefficient (Wildman–Crippen LogP) is 4.29. The van der Waals surface area contributed by atoms with Crippen molar-refractivity contribution in [2.24, 2.45) is 0 Å². The molecule has 3 nitrogen and oxygen atoms in total. The molecule has 0 fully saturated rings. The molecule has 0 amide bonds. The van der Waals surface area contributed by atoms with Crippen LogP contribution in [0.15, 0.2) is 28.8 Å². The van der Waals surface area contributed by atoms with Gasteiger partial charge in [0, 0.05) is 16.6 Å². The number of benzene rings is 1. The minimum absolute atomic E-state index is 0.222. The molecule has 0 aliphatic carbocycles. The van der Waals surface area contributed by atoms with E-state index in [1.54, 1.807) is 19.1 Å². The van der Waals surface area contributed by atoms with Crippen molar-refractivity contribution < 1.29 is 9.53 Å². The van der Waals surface area contributed by atoms with Crippen LogP contribution in [-0.4, -0.2) is 19.1 Å². The average Bonchev–Trinajstić information content (AvgIpc) is 2.27. The van der Waals surface area contributed by atoms with Crippen LogP contribution in [0.25, 0.3) is 0 Å². The Kier molecular flexibility index (Phi) is 5.99. The first-order valence-corrected chi connectivity index (χ1v) is 6.74. The molecular formula is C12H12BrCl2NO2. The molecule has 0 aliphatic rings. The van der Waals surface area contributed by atoms with Gasteiger partial charge in [-0.1, -0.05) is 45.7 Å². The number of nitrogens with one attached hydrogen (secondary N) is 1. The third-order valence-corrected chi connectivity index (χ3v) is 3.10. The van der Waals surface area contributed by atoms with Gasteiger partial charge in [-0.25, -0.2) is 4.79 Å². The van der Waals surface area contributed by atoms with Gasteiger partial charge in [0.1, 0.15) is 0 Å². The Morgan fingerprint density at radius 3 is 2.50 bits per heavy atom. The molecule has 18 heavy (non-hydrogen) atoms. The van der Waals surface area contributed by atoms with Crippen molar-refractivity contribution in [3.63, 3.8) is 0 Å². The van der Waals surface area contributed by atoms with Gasteiger partial charge in [0.25, 0.3) is 0 Å². The first-order valence-electron chi connectivity index (χ1n) is 5.19. The predicted molar refractivity (Wildman–Crippen MR) is 78.4 cm³/mol. The second-order valence-electron chi connectivity index (χ2n) is 3.42. The molecule has 0 aliphatic heterocycles. The summed E-state index contributed by atoms with van der Waals surface area (Å²) in [5, 5.41) is 3.89. The first-order chi connectivity index (χ1) is 8.45. The second kappa shape index (κ2) is 7.02. The van der Waals surface area contributed by atoms with Gasteiger partial charge >= 0.3 is 5.97 Å². The van der Waals surface area contributed by atoms with Crippen LogP contribution in [0.1, 0.15) is 6.92 Å². The third-order valence-electron chi connectivity index (χ3n) is 2.05. The van der Waals surface area contributed by atoms with E-state index in [-0.39, 0.29) is 6.54 Å². The number of esters is 1. The topological polar surface area (TPSA) is 38.3 Å². The van der Waals surface area contributed by atoms with Crippen molar-refractivity contribution in [3.8, 4) is 0 Å². The van der Waals surface area contributed by atoms with E-state index in [9.17, 15) is 4.79 Å². The zero-order valence-electron chi connectivity index (χ0n) is 9.73. The molecule has 98 valence electrons. The maximum absolute atomic E-state index is 11.4. The van der Waals surface area contributed by atoms with Gasteiger partial charge in [0.2, 0.25) is 0 Å². The minimum atomic E-state index is -0.436. The maximum atomic E-state index is 11.4. The minimum Gasteiger partial charge on any atom is -0.463 e. The van der Waals surface area contributed by atoms with E-state index in [4.69, 9.17) is 27.9 Å². The average molecular weight is 353 g/mol. The van der Waals surface area contributed by atoms with Crippen LogP contribution in [-0.2, 0) is 9.53 Å². The van der Waals surface area contributed by atoms with E-state index in [0.29, 0.717) is 27.9 Å². The Balaban J connectivity index is 2.70. The highest BCUT2D eigenvalue weighted by molar-refractivity contribution is 9.10. The summed E-state index contributed by atoms with van der Waals surface area (Å²) < 4.78 is 5.60. The number of carbonyl (C=O) groups is 1. The molecule has 0 radical (unpaired) electrons. The number of rotatable bonds is 5. The lowest BCUT2D eigenvalue weighted by Gasteiger charge is -2.12. The van der Waals surface area contributed by atoms with Crippen molar-refractivity contribution in [1.29, 1.82) is 0 Å². The van der Waals surface area contributed by atoms with Crippen LogP contribution in [0.5, 0.6) is 0 Å². The number of anilines is 1. The van der Waals surface area contributed by atoms with Crippen molar-refractivity contribution in [2.75, 3.05) is 18.5 Å². The summed E-state index contributed by atoms with van der Waals surface area (Å²) in [6.07, 6.45) is 0. The summed E-state index contributed by atoms with van der Waals surface area (Å²) in [6, 6.07) is 3.42. The molecule has 1 aromatic carbocycles.